The lowest BCUT2D eigenvalue weighted by molar-refractivity contribution is -0.141. The average molecular weight is 271 g/mol. The first kappa shape index (κ1) is 16.0. The third-order valence-electron chi connectivity index (χ3n) is 3.68. The zero-order valence-corrected chi connectivity index (χ0v) is 11.9. The van der Waals surface area contributed by atoms with Gasteiger partial charge in [-0.15, -0.1) is 0 Å². The van der Waals surface area contributed by atoms with Gasteiger partial charge in [0.1, 0.15) is 0 Å². The molecule has 2 N–H and O–H groups in total. The van der Waals surface area contributed by atoms with E-state index in [1.807, 2.05) is 6.92 Å². The van der Waals surface area contributed by atoms with Gasteiger partial charge in [0.25, 0.3) is 0 Å². The molecule has 1 saturated heterocycles. The van der Waals surface area contributed by atoms with Crippen LogP contribution < -0.4 is 5.32 Å². The number of carboxylic acid groups (broad SMARTS) is 1. The largest absolute Gasteiger partial charge is 0.481 e. The molecule has 1 heterocycles. The molecule has 0 spiro atoms. The van der Waals surface area contributed by atoms with E-state index in [1.165, 1.54) is 0 Å². The SMILES string of the molecule is CC(CCCC(C)C(=O)O)NC(=O)C1CCOCC1. The number of carboxylic acids is 1. The number of nitrogens with one attached hydrogen (secondary N) is 1. The van der Waals surface area contributed by atoms with Crippen LogP contribution in [0.25, 0.3) is 0 Å². The summed E-state index contributed by atoms with van der Waals surface area (Å²) >= 11 is 0. The summed E-state index contributed by atoms with van der Waals surface area (Å²) in [4.78, 5) is 22.6. The van der Waals surface area contributed by atoms with E-state index >= 15 is 0 Å². The van der Waals surface area contributed by atoms with Gasteiger partial charge in [-0.05, 0) is 32.6 Å². The van der Waals surface area contributed by atoms with Gasteiger partial charge >= 0.3 is 5.97 Å². The topological polar surface area (TPSA) is 75.6 Å². The Balaban J connectivity index is 2.17. The number of hydrogen-bond donors (Lipinski definition) is 2. The highest BCUT2D eigenvalue weighted by Crippen LogP contribution is 2.15. The quantitative estimate of drug-likeness (QED) is 0.740. The molecule has 0 aromatic heterocycles. The van der Waals surface area contributed by atoms with Gasteiger partial charge in [0, 0.05) is 25.2 Å². The van der Waals surface area contributed by atoms with Gasteiger partial charge in [0.05, 0.1) is 5.92 Å². The zero-order chi connectivity index (χ0) is 14.3. The first-order chi connectivity index (χ1) is 9.00. The monoisotopic (exact) mass is 271 g/mol. The highest BCUT2D eigenvalue weighted by atomic mass is 16.5. The Bertz CT molecular complexity index is 300. The molecule has 1 fully saturated rings. The lowest BCUT2D eigenvalue weighted by Gasteiger charge is -2.23. The van der Waals surface area contributed by atoms with Crippen LogP contribution in [0.1, 0.15) is 46.0 Å². The van der Waals surface area contributed by atoms with E-state index in [4.69, 9.17) is 9.84 Å². The van der Waals surface area contributed by atoms with Crippen molar-refractivity contribution in [1.29, 1.82) is 0 Å². The molecule has 1 aliphatic rings. The maximum atomic E-state index is 12.0. The summed E-state index contributed by atoms with van der Waals surface area (Å²) in [7, 11) is 0. The molecule has 1 amide bonds. The fraction of sp³-hybridized carbons (Fsp3) is 0.857. The molecule has 2 unspecified atom stereocenters. The second-order valence-corrected chi connectivity index (χ2v) is 5.47. The zero-order valence-electron chi connectivity index (χ0n) is 11.9. The van der Waals surface area contributed by atoms with Crippen molar-refractivity contribution in [1.82, 2.24) is 5.32 Å². The van der Waals surface area contributed by atoms with Crippen molar-refractivity contribution in [2.24, 2.45) is 11.8 Å². The van der Waals surface area contributed by atoms with Crippen LogP contribution in [0, 0.1) is 11.8 Å². The van der Waals surface area contributed by atoms with E-state index in [0.29, 0.717) is 19.6 Å². The molecule has 1 aliphatic heterocycles. The molecule has 110 valence electrons. The van der Waals surface area contributed by atoms with Crippen LogP contribution in [0.2, 0.25) is 0 Å². The van der Waals surface area contributed by atoms with Gasteiger partial charge in [-0.1, -0.05) is 13.3 Å². The first-order valence-electron chi connectivity index (χ1n) is 7.11. The minimum atomic E-state index is -0.751. The second-order valence-electron chi connectivity index (χ2n) is 5.47. The summed E-state index contributed by atoms with van der Waals surface area (Å²) < 4.78 is 5.23. The number of carbonyl (C=O) groups is 2. The molecule has 5 nitrogen and oxygen atoms in total. The van der Waals surface area contributed by atoms with Crippen LogP contribution in [-0.4, -0.2) is 36.2 Å². The summed E-state index contributed by atoms with van der Waals surface area (Å²) in [6.45, 7) is 5.03. The molecule has 2 atom stereocenters. The molecule has 0 aromatic rings. The molecular formula is C14H25NO4. The van der Waals surface area contributed by atoms with Gasteiger partial charge in [-0.25, -0.2) is 0 Å². The van der Waals surface area contributed by atoms with Crippen LogP contribution in [0.15, 0.2) is 0 Å². The Kier molecular flexibility index (Phi) is 6.84. The molecule has 0 bridgehead atoms. The Morgan fingerprint density at radius 1 is 1.26 bits per heavy atom. The summed E-state index contributed by atoms with van der Waals surface area (Å²) in [6.07, 6.45) is 3.91. The molecule has 5 heteroatoms. The van der Waals surface area contributed by atoms with Gasteiger partial charge in [0.2, 0.25) is 5.91 Å². The maximum Gasteiger partial charge on any atom is 0.306 e. The summed E-state index contributed by atoms with van der Waals surface area (Å²) in [5.41, 5.74) is 0. The first-order valence-corrected chi connectivity index (χ1v) is 7.11. The number of amides is 1. The molecule has 0 radical (unpaired) electrons. The minimum Gasteiger partial charge on any atom is -0.481 e. The van der Waals surface area contributed by atoms with Crippen LogP contribution in [0.3, 0.4) is 0 Å². The second kappa shape index (κ2) is 8.15. The predicted molar refractivity (Wildman–Crippen MR) is 71.8 cm³/mol. The number of hydrogen-bond acceptors (Lipinski definition) is 3. The van der Waals surface area contributed by atoms with Crippen LogP contribution in [-0.2, 0) is 14.3 Å². The van der Waals surface area contributed by atoms with E-state index in [1.54, 1.807) is 6.92 Å². The highest BCUT2D eigenvalue weighted by Gasteiger charge is 2.22. The number of ether oxygens (including phenoxy) is 1. The summed E-state index contributed by atoms with van der Waals surface area (Å²) in [5.74, 6) is -0.867. The van der Waals surface area contributed by atoms with E-state index in [9.17, 15) is 9.59 Å². The van der Waals surface area contributed by atoms with Crippen molar-refractivity contribution in [3.8, 4) is 0 Å². The molecule has 19 heavy (non-hydrogen) atoms. The van der Waals surface area contributed by atoms with E-state index < -0.39 is 5.97 Å². The smallest absolute Gasteiger partial charge is 0.306 e. The lowest BCUT2D eigenvalue weighted by Crippen LogP contribution is -2.39. The Morgan fingerprint density at radius 2 is 1.89 bits per heavy atom. The van der Waals surface area contributed by atoms with Gasteiger partial charge < -0.3 is 15.2 Å². The Morgan fingerprint density at radius 3 is 2.47 bits per heavy atom. The lowest BCUT2D eigenvalue weighted by atomic mass is 9.98. The Labute approximate surface area is 114 Å². The third kappa shape index (κ3) is 6.05. The van der Waals surface area contributed by atoms with Gasteiger partial charge in [-0.2, -0.15) is 0 Å². The van der Waals surface area contributed by atoms with Crippen molar-refractivity contribution in [2.45, 2.75) is 52.0 Å². The molecule has 0 aromatic carbocycles. The number of aliphatic carboxylic acids is 1. The van der Waals surface area contributed by atoms with E-state index in [2.05, 4.69) is 5.32 Å². The van der Waals surface area contributed by atoms with Crippen LogP contribution >= 0.6 is 0 Å². The third-order valence-corrected chi connectivity index (χ3v) is 3.68. The summed E-state index contributed by atoms with van der Waals surface area (Å²) in [5, 5.41) is 11.8. The van der Waals surface area contributed by atoms with Crippen molar-refractivity contribution in [2.75, 3.05) is 13.2 Å². The Hall–Kier alpha value is -1.10. The number of rotatable bonds is 7. The predicted octanol–water partition coefficient (Wildman–Crippen LogP) is 1.81. The van der Waals surface area contributed by atoms with Crippen molar-refractivity contribution in [3.05, 3.63) is 0 Å². The van der Waals surface area contributed by atoms with Gasteiger partial charge in [-0.3, -0.25) is 9.59 Å². The van der Waals surface area contributed by atoms with E-state index in [0.717, 1.165) is 25.7 Å². The van der Waals surface area contributed by atoms with Gasteiger partial charge in [0.15, 0.2) is 0 Å². The highest BCUT2D eigenvalue weighted by molar-refractivity contribution is 5.78. The molecular weight excluding hydrogens is 246 g/mol. The van der Waals surface area contributed by atoms with Crippen molar-refractivity contribution < 1.29 is 19.4 Å². The number of carbonyl (C=O) groups excluding carboxylic acids is 1. The molecule has 1 rings (SSSR count). The normalized spacial score (nSPS) is 19.7. The minimum absolute atomic E-state index is 0.0779. The average Bonchev–Trinajstić information content (AvgIpc) is 2.39. The summed E-state index contributed by atoms with van der Waals surface area (Å²) in [6, 6.07) is 0.108. The molecule has 0 saturated carbocycles. The van der Waals surface area contributed by atoms with E-state index in [-0.39, 0.29) is 23.8 Å². The van der Waals surface area contributed by atoms with Crippen molar-refractivity contribution >= 4 is 11.9 Å². The van der Waals surface area contributed by atoms with Crippen LogP contribution in [0.5, 0.6) is 0 Å². The fourth-order valence-electron chi connectivity index (χ4n) is 2.25. The fourth-order valence-corrected chi connectivity index (χ4v) is 2.25. The van der Waals surface area contributed by atoms with Crippen molar-refractivity contribution in [3.63, 3.8) is 0 Å². The maximum absolute atomic E-state index is 12.0. The molecule has 0 aliphatic carbocycles. The van der Waals surface area contributed by atoms with Crippen LogP contribution in [0.4, 0.5) is 0 Å². The standard InChI is InChI=1S/C14H25NO4/c1-10(14(17)18)4-3-5-11(2)15-13(16)12-6-8-19-9-7-12/h10-12H,3-9H2,1-2H3,(H,15,16)(H,17,18).